The summed E-state index contributed by atoms with van der Waals surface area (Å²) in [6.07, 6.45) is -3.72. The molecule has 0 spiro atoms. The van der Waals surface area contributed by atoms with Crippen LogP contribution in [-0.2, 0) is 6.18 Å². The third-order valence-corrected chi connectivity index (χ3v) is 4.73. The fraction of sp³-hybridized carbons (Fsp3) is 0.353. The Morgan fingerprint density at radius 3 is 2.23 bits per heavy atom. The Bertz CT molecular complexity index is 1030. The van der Waals surface area contributed by atoms with Gasteiger partial charge in [0.15, 0.2) is 5.69 Å². The highest BCUT2D eigenvalue weighted by molar-refractivity contribution is 8.00. The zero-order chi connectivity index (χ0) is 22.3. The predicted octanol–water partition coefficient (Wildman–Crippen LogP) is 4.68. The lowest BCUT2D eigenvalue weighted by Crippen LogP contribution is -2.35. The average molecular weight is 451 g/mol. The lowest BCUT2D eigenvalue weighted by Gasteiger charge is -2.31. The summed E-state index contributed by atoms with van der Waals surface area (Å²) < 4.78 is 78.2. The van der Waals surface area contributed by atoms with E-state index in [2.05, 4.69) is 20.4 Å². The van der Waals surface area contributed by atoms with Crippen LogP contribution >= 0.6 is 11.8 Å². The van der Waals surface area contributed by atoms with Gasteiger partial charge in [-0.1, -0.05) is 12.1 Å². The molecular weight excluding hydrogens is 436 g/mol. The Morgan fingerprint density at radius 2 is 1.70 bits per heavy atom. The van der Waals surface area contributed by atoms with E-state index >= 15 is 0 Å². The van der Waals surface area contributed by atoms with Crippen LogP contribution in [0.4, 0.5) is 32.2 Å². The Labute approximate surface area is 170 Å². The molecule has 0 bridgehead atoms. The molecule has 0 aliphatic heterocycles. The van der Waals surface area contributed by atoms with E-state index in [0.29, 0.717) is 11.6 Å². The maximum absolute atomic E-state index is 13.2. The van der Waals surface area contributed by atoms with Gasteiger partial charge in [0.1, 0.15) is 12.1 Å². The van der Waals surface area contributed by atoms with E-state index < -0.39 is 29.0 Å². The molecule has 30 heavy (non-hydrogen) atoms. The van der Waals surface area contributed by atoms with Gasteiger partial charge < -0.3 is 10.4 Å². The predicted molar refractivity (Wildman–Crippen MR) is 96.8 cm³/mol. The van der Waals surface area contributed by atoms with Crippen LogP contribution in [0.2, 0.25) is 0 Å². The van der Waals surface area contributed by atoms with E-state index in [1.54, 1.807) is 0 Å². The van der Waals surface area contributed by atoms with Gasteiger partial charge >= 0.3 is 11.7 Å². The molecule has 6 nitrogen and oxygen atoms in total. The van der Waals surface area contributed by atoms with Crippen LogP contribution in [0, 0.1) is 0 Å². The summed E-state index contributed by atoms with van der Waals surface area (Å²) in [5, 5.41) is 17.2. The van der Waals surface area contributed by atoms with Crippen LogP contribution in [-0.4, -0.2) is 35.8 Å². The highest BCUT2D eigenvalue weighted by atomic mass is 32.2. The fourth-order valence-corrected chi connectivity index (χ4v) is 3.28. The van der Waals surface area contributed by atoms with Crippen LogP contribution in [0.5, 0.6) is 0 Å². The standard InChI is InChI=1S/C17H15F6N5OS/c1-15(2,29)13(9-3-5-10(6-4-9)30-17(21,22)23)27-12-7-11(16(18,19)20)26-14-24-8-25-28(12)14/h3-8,13,27,29H,1-2H3/t13-/m0/s1. The summed E-state index contributed by atoms with van der Waals surface area (Å²) in [4.78, 5) is 7.01. The molecule has 13 heteroatoms. The van der Waals surface area contributed by atoms with Crippen molar-refractivity contribution in [1.82, 2.24) is 19.6 Å². The normalized spacial score (nSPS) is 14.2. The van der Waals surface area contributed by atoms with Crippen molar-refractivity contribution in [2.45, 2.75) is 42.1 Å². The SMILES string of the molecule is CC(C)(O)[C@@H](Nc1cc(C(F)(F)F)nc2ncnn12)c1ccc(SC(F)(F)F)cc1. The number of alkyl halides is 6. The number of benzene rings is 1. The topological polar surface area (TPSA) is 75.3 Å². The highest BCUT2D eigenvalue weighted by Crippen LogP contribution is 2.38. The van der Waals surface area contributed by atoms with Gasteiger partial charge in [0, 0.05) is 11.0 Å². The van der Waals surface area contributed by atoms with E-state index in [9.17, 15) is 31.4 Å². The minimum atomic E-state index is -4.75. The Morgan fingerprint density at radius 1 is 1.07 bits per heavy atom. The zero-order valence-electron chi connectivity index (χ0n) is 15.5. The molecule has 2 heterocycles. The molecule has 162 valence electrons. The van der Waals surface area contributed by atoms with Crippen molar-refractivity contribution in [2.75, 3.05) is 5.32 Å². The molecule has 3 aromatic rings. The molecular formula is C17H15F6N5OS. The van der Waals surface area contributed by atoms with Gasteiger partial charge in [-0.15, -0.1) is 0 Å². The molecule has 2 N–H and O–H groups in total. The lowest BCUT2D eigenvalue weighted by molar-refractivity contribution is -0.141. The molecule has 0 saturated heterocycles. The Hall–Kier alpha value is -2.54. The fourth-order valence-electron chi connectivity index (χ4n) is 2.74. The number of fused-ring (bicyclic) bond motifs is 1. The largest absolute Gasteiger partial charge is 0.446 e. The summed E-state index contributed by atoms with van der Waals surface area (Å²) in [6.45, 7) is 2.82. The second kappa shape index (κ2) is 7.61. The molecule has 0 aliphatic carbocycles. The van der Waals surface area contributed by atoms with Gasteiger partial charge in [-0.2, -0.15) is 40.9 Å². The smallest absolute Gasteiger partial charge is 0.388 e. The summed E-state index contributed by atoms with van der Waals surface area (Å²) >= 11 is -0.298. The van der Waals surface area contributed by atoms with Crippen molar-refractivity contribution >= 4 is 23.4 Å². The third kappa shape index (κ3) is 5.14. The number of hydrogen-bond donors (Lipinski definition) is 2. The van der Waals surface area contributed by atoms with Gasteiger partial charge in [-0.3, -0.25) is 0 Å². The molecule has 1 atom stereocenters. The molecule has 1 aromatic carbocycles. The first kappa shape index (κ1) is 22.2. The highest BCUT2D eigenvalue weighted by Gasteiger charge is 2.36. The van der Waals surface area contributed by atoms with Crippen LogP contribution in [0.25, 0.3) is 5.78 Å². The van der Waals surface area contributed by atoms with Gasteiger partial charge in [0.2, 0.25) is 0 Å². The van der Waals surface area contributed by atoms with E-state index in [4.69, 9.17) is 0 Å². The number of nitrogens with one attached hydrogen (secondary N) is 1. The first-order valence-electron chi connectivity index (χ1n) is 8.36. The number of anilines is 1. The summed E-state index contributed by atoms with van der Waals surface area (Å²) in [5.41, 5.74) is -6.82. The van der Waals surface area contributed by atoms with Crippen LogP contribution < -0.4 is 5.32 Å². The number of aromatic nitrogens is 4. The van der Waals surface area contributed by atoms with E-state index in [0.717, 1.165) is 10.8 Å². The van der Waals surface area contributed by atoms with Crippen molar-refractivity contribution in [1.29, 1.82) is 0 Å². The van der Waals surface area contributed by atoms with Gasteiger partial charge in [0.05, 0.1) is 11.6 Å². The molecule has 0 unspecified atom stereocenters. The van der Waals surface area contributed by atoms with Crippen molar-refractivity contribution in [3.05, 3.63) is 47.9 Å². The Kier molecular flexibility index (Phi) is 5.62. The number of halogens is 6. The number of nitrogens with zero attached hydrogens (tertiary/aromatic N) is 4. The van der Waals surface area contributed by atoms with E-state index in [-0.39, 0.29) is 28.3 Å². The molecule has 0 fully saturated rings. The third-order valence-electron chi connectivity index (χ3n) is 3.99. The maximum Gasteiger partial charge on any atom is 0.446 e. The van der Waals surface area contributed by atoms with Crippen molar-refractivity contribution in [3.63, 3.8) is 0 Å². The zero-order valence-corrected chi connectivity index (χ0v) is 16.3. The molecule has 0 radical (unpaired) electrons. The summed E-state index contributed by atoms with van der Waals surface area (Å²) in [6, 6.07) is 4.87. The number of aliphatic hydroxyl groups is 1. The monoisotopic (exact) mass is 451 g/mol. The Balaban J connectivity index is 2.00. The second-order valence-corrected chi connectivity index (χ2v) is 7.98. The molecule has 0 amide bonds. The van der Waals surface area contributed by atoms with E-state index in [1.165, 1.54) is 38.1 Å². The molecule has 3 rings (SSSR count). The van der Waals surface area contributed by atoms with Gasteiger partial charge in [0.25, 0.3) is 5.78 Å². The first-order valence-corrected chi connectivity index (χ1v) is 9.18. The average Bonchev–Trinajstić information content (AvgIpc) is 3.06. The van der Waals surface area contributed by atoms with E-state index in [1.807, 2.05) is 0 Å². The number of thioether (sulfide) groups is 1. The minimum Gasteiger partial charge on any atom is -0.388 e. The van der Waals surface area contributed by atoms with Crippen molar-refractivity contribution < 1.29 is 31.4 Å². The number of hydrogen-bond acceptors (Lipinski definition) is 6. The minimum absolute atomic E-state index is 0.0670. The van der Waals surface area contributed by atoms with Crippen LogP contribution in [0.1, 0.15) is 31.1 Å². The van der Waals surface area contributed by atoms with Gasteiger partial charge in [-0.25, -0.2) is 4.98 Å². The van der Waals surface area contributed by atoms with Crippen LogP contribution in [0.15, 0.2) is 41.6 Å². The quantitative estimate of drug-likeness (QED) is 0.434. The molecule has 0 saturated carbocycles. The lowest BCUT2D eigenvalue weighted by atomic mass is 9.92. The number of rotatable bonds is 5. The summed E-state index contributed by atoms with van der Waals surface area (Å²) in [5.74, 6) is -0.454. The molecule has 2 aromatic heterocycles. The summed E-state index contributed by atoms with van der Waals surface area (Å²) in [7, 11) is 0. The van der Waals surface area contributed by atoms with Crippen molar-refractivity contribution in [3.8, 4) is 0 Å². The van der Waals surface area contributed by atoms with Crippen molar-refractivity contribution in [2.24, 2.45) is 0 Å². The van der Waals surface area contributed by atoms with Gasteiger partial charge in [-0.05, 0) is 43.3 Å². The van der Waals surface area contributed by atoms with Crippen LogP contribution in [0.3, 0.4) is 0 Å². The first-order chi connectivity index (χ1) is 13.7. The second-order valence-electron chi connectivity index (χ2n) is 6.84. The maximum atomic E-state index is 13.2. The molecule has 0 aliphatic rings.